The van der Waals surface area contributed by atoms with Crippen LogP contribution in [-0.2, 0) is 10.0 Å². The highest BCUT2D eigenvalue weighted by atomic mass is 32.2. The van der Waals surface area contributed by atoms with E-state index in [0.717, 1.165) is 18.8 Å². The molecule has 0 bridgehead atoms. The van der Waals surface area contributed by atoms with Crippen molar-refractivity contribution in [3.8, 4) is 6.07 Å². The van der Waals surface area contributed by atoms with Gasteiger partial charge in [0.25, 0.3) is 5.91 Å². The van der Waals surface area contributed by atoms with Crippen LogP contribution in [0.15, 0.2) is 29.2 Å². The minimum absolute atomic E-state index is 0.0715. The number of amides is 1. The van der Waals surface area contributed by atoms with E-state index >= 15 is 0 Å². The normalized spacial score (nSPS) is 15.0. The molecule has 25 heavy (non-hydrogen) atoms. The third kappa shape index (κ3) is 6.15. The molecule has 1 fully saturated rings. The molecule has 1 aliphatic rings. The van der Waals surface area contributed by atoms with Crippen LogP contribution in [0.4, 0.5) is 0 Å². The average molecular weight is 363 g/mol. The van der Waals surface area contributed by atoms with Gasteiger partial charge in [0.2, 0.25) is 10.0 Å². The Balaban J connectivity index is 1.80. The molecule has 1 aromatic rings. The summed E-state index contributed by atoms with van der Waals surface area (Å²) < 4.78 is 26.4. The lowest BCUT2D eigenvalue weighted by atomic mass is 10.0. The van der Waals surface area contributed by atoms with Crippen molar-refractivity contribution in [1.29, 1.82) is 5.26 Å². The first-order valence-corrected chi connectivity index (χ1v) is 10.3. The van der Waals surface area contributed by atoms with Gasteiger partial charge in [-0.25, -0.2) is 13.1 Å². The smallest absolute Gasteiger partial charge is 0.251 e. The van der Waals surface area contributed by atoms with Crippen LogP contribution in [0, 0.1) is 17.2 Å². The van der Waals surface area contributed by atoms with Crippen molar-refractivity contribution in [3.63, 3.8) is 0 Å². The Morgan fingerprint density at radius 3 is 2.48 bits per heavy atom. The maximum Gasteiger partial charge on any atom is 0.251 e. The molecule has 0 unspecified atom stereocenters. The van der Waals surface area contributed by atoms with Gasteiger partial charge in [-0.1, -0.05) is 25.7 Å². The number of nitriles is 1. The van der Waals surface area contributed by atoms with Gasteiger partial charge in [0.1, 0.15) is 0 Å². The third-order valence-corrected chi connectivity index (χ3v) is 5.98. The first kappa shape index (κ1) is 19.4. The van der Waals surface area contributed by atoms with E-state index in [2.05, 4.69) is 10.0 Å². The predicted molar refractivity (Wildman–Crippen MR) is 95.4 cm³/mol. The molecule has 1 aromatic carbocycles. The zero-order valence-electron chi connectivity index (χ0n) is 14.3. The number of carbonyl (C=O) groups is 1. The lowest BCUT2D eigenvalue weighted by Crippen LogP contribution is -2.26. The Hall–Kier alpha value is -1.91. The molecule has 0 aromatic heterocycles. The van der Waals surface area contributed by atoms with Crippen LogP contribution in [0.5, 0.6) is 0 Å². The van der Waals surface area contributed by atoms with Crippen molar-refractivity contribution >= 4 is 15.9 Å². The Kier molecular flexibility index (Phi) is 7.41. The van der Waals surface area contributed by atoms with Gasteiger partial charge in [-0.05, 0) is 43.0 Å². The van der Waals surface area contributed by atoms with Crippen molar-refractivity contribution in [2.24, 2.45) is 5.92 Å². The van der Waals surface area contributed by atoms with E-state index in [4.69, 9.17) is 5.26 Å². The van der Waals surface area contributed by atoms with E-state index in [1.807, 2.05) is 6.07 Å². The second-order valence-electron chi connectivity index (χ2n) is 6.38. The molecule has 7 heteroatoms. The molecule has 2 N–H and O–H groups in total. The van der Waals surface area contributed by atoms with Crippen LogP contribution in [-0.4, -0.2) is 27.4 Å². The van der Waals surface area contributed by atoms with E-state index in [0.29, 0.717) is 12.1 Å². The van der Waals surface area contributed by atoms with E-state index in [-0.39, 0.29) is 23.8 Å². The SMILES string of the molecule is N#CCCNS(=O)(=O)c1ccc(C(=O)NCCCC2CCCC2)cc1. The number of nitrogens with zero attached hydrogens (tertiary/aromatic N) is 1. The lowest BCUT2D eigenvalue weighted by molar-refractivity contribution is 0.0952. The highest BCUT2D eigenvalue weighted by molar-refractivity contribution is 7.89. The fourth-order valence-electron chi connectivity index (χ4n) is 3.10. The summed E-state index contributed by atoms with van der Waals surface area (Å²) in [6.07, 6.45) is 7.53. The van der Waals surface area contributed by atoms with Crippen LogP contribution in [0.3, 0.4) is 0 Å². The third-order valence-electron chi connectivity index (χ3n) is 4.51. The second kappa shape index (κ2) is 9.54. The van der Waals surface area contributed by atoms with E-state index in [1.165, 1.54) is 49.9 Å². The summed E-state index contributed by atoms with van der Waals surface area (Å²) in [6, 6.07) is 7.70. The zero-order chi connectivity index (χ0) is 18.1. The molecule has 0 spiro atoms. The molecule has 0 radical (unpaired) electrons. The standard InChI is InChI=1S/C18H25N3O3S/c19-12-4-14-21-25(23,24)17-10-8-16(9-11-17)18(22)20-13-3-7-15-5-1-2-6-15/h8-11,15,21H,1-7,13-14H2,(H,20,22). The molecule has 0 atom stereocenters. The van der Waals surface area contributed by atoms with Gasteiger partial charge in [0, 0.05) is 25.1 Å². The van der Waals surface area contributed by atoms with Crippen LogP contribution in [0.2, 0.25) is 0 Å². The monoisotopic (exact) mass is 363 g/mol. The Bertz CT molecular complexity index is 702. The van der Waals surface area contributed by atoms with Crippen LogP contribution in [0.25, 0.3) is 0 Å². The Labute approximate surface area is 149 Å². The average Bonchev–Trinajstić information content (AvgIpc) is 3.12. The Morgan fingerprint density at radius 2 is 1.84 bits per heavy atom. The lowest BCUT2D eigenvalue weighted by Gasteiger charge is -2.10. The quantitative estimate of drug-likeness (QED) is 0.659. The first-order chi connectivity index (χ1) is 12.0. The summed E-state index contributed by atoms with van der Waals surface area (Å²) in [5, 5.41) is 11.3. The van der Waals surface area contributed by atoms with Crippen LogP contribution < -0.4 is 10.0 Å². The summed E-state index contributed by atoms with van der Waals surface area (Å²) >= 11 is 0. The maximum absolute atomic E-state index is 12.1. The molecule has 0 heterocycles. The van der Waals surface area contributed by atoms with E-state index < -0.39 is 10.0 Å². The van der Waals surface area contributed by atoms with Gasteiger partial charge in [0.15, 0.2) is 0 Å². The van der Waals surface area contributed by atoms with Gasteiger partial charge in [-0.15, -0.1) is 0 Å². The minimum Gasteiger partial charge on any atom is -0.352 e. The molecule has 2 rings (SSSR count). The number of rotatable bonds is 9. The van der Waals surface area contributed by atoms with Crippen molar-refractivity contribution in [2.75, 3.05) is 13.1 Å². The number of hydrogen-bond donors (Lipinski definition) is 2. The van der Waals surface area contributed by atoms with Gasteiger partial charge in [0.05, 0.1) is 11.0 Å². The highest BCUT2D eigenvalue weighted by Gasteiger charge is 2.15. The number of benzene rings is 1. The number of nitrogens with one attached hydrogen (secondary N) is 2. The zero-order valence-corrected chi connectivity index (χ0v) is 15.1. The molecule has 6 nitrogen and oxygen atoms in total. The molecule has 1 aliphatic carbocycles. The molecular formula is C18H25N3O3S. The van der Waals surface area contributed by atoms with Crippen LogP contribution >= 0.6 is 0 Å². The van der Waals surface area contributed by atoms with E-state index in [9.17, 15) is 13.2 Å². The predicted octanol–water partition coefficient (Wildman–Crippen LogP) is 2.58. The number of sulfonamides is 1. The highest BCUT2D eigenvalue weighted by Crippen LogP contribution is 2.28. The summed E-state index contributed by atoms with van der Waals surface area (Å²) in [4.78, 5) is 12.2. The van der Waals surface area contributed by atoms with Crippen molar-refractivity contribution in [3.05, 3.63) is 29.8 Å². The summed E-state index contributed by atoms with van der Waals surface area (Å²) in [6.45, 7) is 0.715. The summed E-state index contributed by atoms with van der Waals surface area (Å²) in [5.74, 6) is 0.628. The fourth-order valence-corrected chi connectivity index (χ4v) is 4.14. The number of carbonyl (C=O) groups excluding carboxylic acids is 1. The van der Waals surface area contributed by atoms with Crippen molar-refractivity contribution in [1.82, 2.24) is 10.0 Å². The van der Waals surface area contributed by atoms with Gasteiger partial charge in [-0.2, -0.15) is 5.26 Å². The Morgan fingerprint density at radius 1 is 1.16 bits per heavy atom. The fraction of sp³-hybridized carbons (Fsp3) is 0.556. The summed E-state index contributed by atoms with van der Waals surface area (Å²) in [5.41, 5.74) is 0.442. The minimum atomic E-state index is -3.64. The topological polar surface area (TPSA) is 99.1 Å². The maximum atomic E-state index is 12.1. The van der Waals surface area contributed by atoms with Crippen molar-refractivity contribution < 1.29 is 13.2 Å². The molecule has 0 saturated heterocycles. The van der Waals surface area contributed by atoms with Gasteiger partial charge >= 0.3 is 0 Å². The van der Waals surface area contributed by atoms with Crippen molar-refractivity contribution in [2.45, 2.75) is 49.8 Å². The van der Waals surface area contributed by atoms with Crippen LogP contribution in [0.1, 0.15) is 55.3 Å². The van der Waals surface area contributed by atoms with E-state index in [1.54, 1.807) is 0 Å². The van der Waals surface area contributed by atoms with Gasteiger partial charge in [-0.3, -0.25) is 4.79 Å². The first-order valence-electron chi connectivity index (χ1n) is 8.78. The van der Waals surface area contributed by atoms with Gasteiger partial charge < -0.3 is 5.32 Å². The molecule has 1 saturated carbocycles. The molecular weight excluding hydrogens is 338 g/mol. The second-order valence-corrected chi connectivity index (χ2v) is 8.15. The molecule has 136 valence electrons. The largest absolute Gasteiger partial charge is 0.352 e. The summed E-state index contributed by atoms with van der Waals surface area (Å²) in [7, 11) is -3.64. The molecule has 1 amide bonds. The molecule has 0 aliphatic heterocycles. The number of hydrogen-bond acceptors (Lipinski definition) is 4.